The summed E-state index contributed by atoms with van der Waals surface area (Å²) in [7, 11) is 4.02. The Morgan fingerprint density at radius 1 is 1.42 bits per heavy atom. The molecule has 1 aliphatic rings. The molecule has 104 valence electrons. The molecule has 0 bridgehead atoms. The van der Waals surface area contributed by atoms with Gasteiger partial charge < -0.3 is 9.64 Å². The van der Waals surface area contributed by atoms with Gasteiger partial charge in [0.05, 0.1) is 13.0 Å². The molecule has 3 heteroatoms. The van der Waals surface area contributed by atoms with Crippen LogP contribution in [0.15, 0.2) is 24.3 Å². The Bertz CT molecular complexity index is 438. The molecule has 3 nitrogen and oxygen atoms in total. The van der Waals surface area contributed by atoms with Crippen LogP contribution < -0.4 is 0 Å². The van der Waals surface area contributed by atoms with Crippen molar-refractivity contribution in [2.75, 3.05) is 20.7 Å². The van der Waals surface area contributed by atoms with Crippen molar-refractivity contribution in [1.29, 1.82) is 0 Å². The summed E-state index contributed by atoms with van der Waals surface area (Å²) in [5, 5.41) is 0. The van der Waals surface area contributed by atoms with Crippen molar-refractivity contribution >= 4 is 5.97 Å². The summed E-state index contributed by atoms with van der Waals surface area (Å²) in [6, 6.07) is 8.75. The maximum atomic E-state index is 11.7. The topological polar surface area (TPSA) is 29.5 Å². The van der Waals surface area contributed by atoms with Gasteiger partial charge in [0.2, 0.25) is 0 Å². The van der Waals surface area contributed by atoms with E-state index in [1.54, 1.807) is 0 Å². The van der Waals surface area contributed by atoms with Gasteiger partial charge in [0.15, 0.2) is 0 Å². The number of rotatable bonds is 6. The van der Waals surface area contributed by atoms with Crippen molar-refractivity contribution in [3.63, 3.8) is 0 Å². The van der Waals surface area contributed by atoms with Crippen molar-refractivity contribution in [3.8, 4) is 0 Å². The molecule has 0 saturated heterocycles. The highest BCUT2D eigenvalue weighted by atomic mass is 16.5. The third kappa shape index (κ3) is 3.80. The number of esters is 1. The molecule has 0 aromatic heterocycles. The molecule has 1 aromatic rings. The van der Waals surface area contributed by atoms with Crippen molar-refractivity contribution in [2.24, 2.45) is 0 Å². The monoisotopic (exact) mass is 261 g/mol. The van der Waals surface area contributed by atoms with E-state index < -0.39 is 0 Å². The van der Waals surface area contributed by atoms with Crippen LogP contribution >= 0.6 is 0 Å². The van der Waals surface area contributed by atoms with Crippen LogP contribution in [0.3, 0.4) is 0 Å². The molecule has 1 fully saturated rings. The van der Waals surface area contributed by atoms with E-state index in [0.717, 1.165) is 5.92 Å². The zero-order chi connectivity index (χ0) is 13.8. The van der Waals surface area contributed by atoms with Crippen LogP contribution in [-0.4, -0.2) is 31.6 Å². The van der Waals surface area contributed by atoms with Gasteiger partial charge in [-0.2, -0.15) is 0 Å². The normalized spacial score (nSPS) is 16.4. The number of ether oxygens (including phenoxy) is 1. The third-order valence-electron chi connectivity index (χ3n) is 3.63. The van der Waals surface area contributed by atoms with Gasteiger partial charge in [-0.15, -0.1) is 0 Å². The fourth-order valence-corrected chi connectivity index (χ4v) is 2.41. The average molecular weight is 261 g/mol. The van der Waals surface area contributed by atoms with Gasteiger partial charge in [0.25, 0.3) is 0 Å². The summed E-state index contributed by atoms with van der Waals surface area (Å²) in [6.45, 7) is 2.29. The van der Waals surface area contributed by atoms with E-state index in [4.69, 9.17) is 4.74 Å². The fourth-order valence-electron chi connectivity index (χ4n) is 2.41. The highest BCUT2D eigenvalue weighted by molar-refractivity contribution is 5.70. The summed E-state index contributed by atoms with van der Waals surface area (Å²) in [4.78, 5) is 13.8. The van der Waals surface area contributed by atoms with Crippen LogP contribution in [0.5, 0.6) is 0 Å². The highest BCUT2D eigenvalue weighted by Crippen LogP contribution is 2.41. The minimum absolute atomic E-state index is 0.0951. The van der Waals surface area contributed by atoms with E-state index >= 15 is 0 Å². The smallest absolute Gasteiger partial charge is 0.307 e. The van der Waals surface area contributed by atoms with Gasteiger partial charge >= 0.3 is 5.97 Å². The number of hydrogen-bond donors (Lipinski definition) is 0. The zero-order valence-electron chi connectivity index (χ0n) is 12.1. The predicted molar refractivity (Wildman–Crippen MR) is 76.1 cm³/mol. The first-order valence-electron chi connectivity index (χ1n) is 7.03. The highest BCUT2D eigenvalue weighted by Gasteiger charge is 2.25. The maximum absolute atomic E-state index is 11.7. The summed E-state index contributed by atoms with van der Waals surface area (Å²) in [6.07, 6.45) is 3.01. The van der Waals surface area contributed by atoms with Crippen LogP contribution in [0.4, 0.5) is 0 Å². The second kappa shape index (κ2) is 6.20. The van der Waals surface area contributed by atoms with Gasteiger partial charge in [-0.3, -0.25) is 4.79 Å². The molecule has 1 unspecified atom stereocenters. The Labute approximate surface area is 115 Å². The van der Waals surface area contributed by atoms with Crippen LogP contribution in [-0.2, 0) is 9.53 Å². The van der Waals surface area contributed by atoms with Crippen LogP contribution in [0.1, 0.15) is 49.3 Å². The van der Waals surface area contributed by atoms with Crippen molar-refractivity contribution in [2.45, 2.75) is 38.1 Å². The molecule has 2 rings (SSSR count). The first kappa shape index (κ1) is 14.1. The lowest BCUT2D eigenvalue weighted by Crippen LogP contribution is -2.23. The van der Waals surface area contributed by atoms with Gasteiger partial charge in [0.1, 0.15) is 0 Å². The summed E-state index contributed by atoms with van der Waals surface area (Å²) in [5.74, 6) is 0.614. The van der Waals surface area contributed by atoms with E-state index in [1.807, 2.05) is 21.0 Å². The fraction of sp³-hybridized carbons (Fsp3) is 0.562. The Morgan fingerprint density at radius 2 is 2.16 bits per heavy atom. The molecular weight excluding hydrogens is 238 g/mol. The Kier molecular flexibility index (Phi) is 4.59. The van der Waals surface area contributed by atoms with Crippen LogP contribution in [0.2, 0.25) is 0 Å². The Hall–Kier alpha value is -1.35. The van der Waals surface area contributed by atoms with E-state index in [2.05, 4.69) is 29.2 Å². The van der Waals surface area contributed by atoms with Gasteiger partial charge in [-0.25, -0.2) is 0 Å². The average Bonchev–Trinajstić information content (AvgIpc) is 3.20. The minimum Gasteiger partial charge on any atom is -0.466 e. The molecule has 19 heavy (non-hydrogen) atoms. The third-order valence-corrected chi connectivity index (χ3v) is 3.63. The molecule has 0 radical (unpaired) electrons. The maximum Gasteiger partial charge on any atom is 0.307 e. The lowest BCUT2D eigenvalue weighted by Gasteiger charge is -2.24. The van der Waals surface area contributed by atoms with Crippen LogP contribution in [0, 0.1) is 0 Å². The number of hydrogen-bond acceptors (Lipinski definition) is 3. The molecule has 1 saturated carbocycles. The quantitative estimate of drug-likeness (QED) is 0.737. The molecule has 1 aromatic carbocycles. The lowest BCUT2D eigenvalue weighted by molar-refractivity contribution is -0.144. The summed E-state index contributed by atoms with van der Waals surface area (Å²) >= 11 is 0. The molecule has 0 spiro atoms. The van der Waals surface area contributed by atoms with Gasteiger partial charge in [-0.05, 0) is 50.9 Å². The van der Waals surface area contributed by atoms with Crippen LogP contribution in [0.25, 0.3) is 0 Å². The van der Waals surface area contributed by atoms with Crippen molar-refractivity contribution in [3.05, 3.63) is 35.4 Å². The number of benzene rings is 1. The summed E-state index contributed by atoms with van der Waals surface area (Å²) < 4.78 is 5.07. The number of carbonyl (C=O) groups excluding carboxylic acids is 1. The molecule has 1 aliphatic carbocycles. The first-order valence-corrected chi connectivity index (χ1v) is 7.03. The Morgan fingerprint density at radius 3 is 2.74 bits per heavy atom. The zero-order valence-corrected chi connectivity index (χ0v) is 12.1. The molecule has 1 atom stereocenters. The van der Waals surface area contributed by atoms with E-state index in [0.29, 0.717) is 13.0 Å². The Balaban J connectivity index is 2.13. The summed E-state index contributed by atoms with van der Waals surface area (Å²) in [5.41, 5.74) is 2.62. The molecular formula is C16H23NO2. The van der Waals surface area contributed by atoms with Crippen molar-refractivity contribution < 1.29 is 9.53 Å². The number of carbonyl (C=O) groups is 1. The second-order valence-corrected chi connectivity index (χ2v) is 5.43. The predicted octanol–water partition coefficient (Wildman–Crippen LogP) is 3.12. The minimum atomic E-state index is -0.127. The lowest BCUT2D eigenvalue weighted by atomic mass is 9.99. The van der Waals surface area contributed by atoms with E-state index in [-0.39, 0.29) is 12.0 Å². The largest absolute Gasteiger partial charge is 0.466 e. The first-order chi connectivity index (χ1) is 9.11. The standard InChI is InChI=1S/C16H23NO2/c1-4-19-16(18)11-15(17(2)3)14-7-5-6-13(10-14)12-8-9-12/h5-7,10,12,15H,4,8-9,11H2,1-3H3. The van der Waals surface area contributed by atoms with Crippen molar-refractivity contribution in [1.82, 2.24) is 4.90 Å². The SMILES string of the molecule is CCOC(=O)CC(c1cccc(C2CC2)c1)N(C)C. The molecule has 0 amide bonds. The molecule has 0 N–H and O–H groups in total. The number of nitrogens with zero attached hydrogens (tertiary/aromatic N) is 1. The van der Waals surface area contributed by atoms with Gasteiger partial charge in [0, 0.05) is 6.04 Å². The molecule has 0 aliphatic heterocycles. The van der Waals surface area contributed by atoms with E-state index in [9.17, 15) is 4.79 Å². The second-order valence-electron chi connectivity index (χ2n) is 5.43. The van der Waals surface area contributed by atoms with E-state index in [1.165, 1.54) is 24.0 Å². The van der Waals surface area contributed by atoms with Gasteiger partial charge in [-0.1, -0.05) is 24.3 Å². The molecule has 0 heterocycles.